The molecule has 0 spiro atoms. The fraction of sp³-hybridized carbons (Fsp3) is 0.357. The predicted molar refractivity (Wildman–Crippen MR) is 75.2 cm³/mol. The summed E-state index contributed by atoms with van der Waals surface area (Å²) in [6.07, 6.45) is 2.46. The van der Waals surface area contributed by atoms with Crippen molar-refractivity contribution in [3.05, 3.63) is 52.3 Å². The number of hydrogen-bond acceptors (Lipinski definition) is 3. The van der Waals surface area contributed by atoms with Crippen molar-refractivity contribution in [2.45, 2.75) is 32.6 Å². The second-order valence-corrected chi connectivity index (χ2v) is 5.75. The largest absolute Gasteiger partial charge is 0.346 e. The lowest BCUT2D eigenvalue weighted by Crippen LogP contribution is -2.15. The summed E-state index contributed by atoms with van der Waals surface area (Å²) in [5.74, 6) is 0.867. The molecule has 0 aromatic carbocycles. The highest BCUT2D eigenvalue weighted by Gasteiger charge is 2.15. The first-order chi connectivity index (χ1) is 8.45. The molecule has 18 heavy (non-hydrogen) atoms. The van der Waals surface area contributed by atoms with Gasteiger partial charge in [0.05, 0.1) is 0 Å². The van der Waals surface area contributed by atoms with E-state index in [1.165, 1.54) is 0 Å². The maximum absolute atomic E-state index is 5.22. The van der Waals surface area contributed by atoms with Crippen LogP contribution in [0.1, 0.15) is 38.0 Å². The third-order valence-corrected chi connectivity index (χ3v) is 2.88. The average molecular weight is 259 g/mol. The first-order valence-corrected chi connectivity index (χ1v) is 6.36. The number of rotatable bonds is 2. The Bertz CT molecular complexity index is 582. The maximum atomic E-state index is 5.22. The predicted octanol–water partition coefficient (Wildman–Crippen LogP) is 3.42. The van der Waals surface area contributed by atoms with Crippen LogP contribution in [0.3, 0.4) is 0 Å². The minimum absolute atomic E-state index is 0.0371. The third-order valence-electron chi connectivity index (χ3n) is 2.67. The summed E-state index contributed by atoms with van der Waals surface area (Å²) in [4.78, 5) is 12.0. The van der Waals surface area contributed by atoms with Gasteiger partial charge in [-0.05, 0) is 18.2 Å². The molecular weight excluding hydrogens is 242 g/mol. The normalized spacial score (nSPS) is 11.5. The van der Waals surface area contributed by atoms with Gasteiger partial charge in [0.2, 0.25) is 0 Å². The Balaban J connectivity index is 2.35. The van der Waals surface area contributed by atoms with Crippen molar-refractivity contribution < 1.29 is 0 Å². The van der Waals surface area contributed by atoms with Gasteiger partial charge < -0.3 is 4.98 Å². The minimum Gasteiger partial charge on any atom is -0.346 e. The van der Waals surface area contributed by atoms with Crippen molar-refractivity contribution in [3.8, 4) is 0 Å². The molecular formula is C14H17N3S. The fourth-order valence-corrected chi connectivity index (χ4v) is 1.90. The molecule has 2 aromatic heterocycles. The molecule has 0 radical (unpaired) electrons. The van der Waals surface area contributed by atoms with Gasteiger partial charge in [0, 0.05) is 29.4 Å². The van der Waals surface area contributed by atoms with Crippen LogP contribution in [-0.4, -0.2) is 15.0 Å². The molecule has 0 saturated heterocycles. The number of hydrogen-bond donors (Lipinski definition) is 1. The van der Waals surface area contributed by atoms with E-state index in [0.717, 1.165) is 17.2 Å². The van der Waals surface area contributed by atoms with E-state index in [1.807, 2.05) is 24.3 Å². The summed E-state index contributed by atoms with van der Waals surface area (Å²) in [7, 11) is 0. The summed E-state index contributed by atoms with van der Waals surface area (Å²) in [5.41, 5.74) is 2.13. The van der Waals surface area contributed by atoms with Gasteiger partial charge in [-0.3, -0.25) is 4.98 Å². The number of aromatic nitrogens is 3. The first-order valence-electron chi connectivity index (χ1n) is 5.96. The zero-order chi connectivity index (χ0) is 13.2. The smallest absolute Gasteiger partial charge is 0.130 e. The van der Waals surface area contributed by atoms with Crippen molar-refractivity contribution in [1.82, 2.24) is 15.0 Å². The zero-order valence-corrected chi connectivity index (χ0v) is 11.7. The summed E-state index contributed by atoms with van der Waals surface area (Å²) in [5, 5.41) is 0. The van der Waals surface area contributed by atoms with Crippen LogP contribution >= 0.6 is 12.2 Å². The number of pyridine rings is 1. The third kappa shape index (κ3) is 3.23. The Hall–Kier alpha value is -1.55. The lowest BCUT2D eigenvalue weighted by molar-refractivity contribution is 0.562. The monoisotopic (exact) mass is 259 g/mol. The fourth-order valence-electron chi connectivity index (χ4n) is 1.67. The minimum atomic E-state index is 0.0371. The molecule has 1 N–H and O–H groups in total. The van der Waals surface area contributed by atoms with Gasteiger partial charge in [-0.25, -0.2) is 4.98 Å². The van der Waals surface area contributed by atoms with Crippen molar-refractivity contribution >= 4 is 12.2 Å². The SMILES string of the molecule is CC(C)(C)c1cc(=S)nc(Cc2ccccn2)[nH]1. The number of aromatic amines is 1. The van der Waals surface area contributed by atoms with Crippen molar-refractivity contribution in [2.24, 2.45) is 0 Å². The van der Waals surface area contributed by atoms with Gasteiger partial charge in [0.15, 0.2) is 0 Å². The van der Waals surface area contributed by atoms with Crippen LogP contribution in [0.5, 0.6) is 0 Å². The van der Waals surface area contributed by atoms with E-state index in [-0.39, 0.29) is 5.41 Å². The van der Waals surface area contributed by atoms with Gasteiger partial charge in [-0.2, -0.15) is 0 Å². The van der Waals surface area contributed by atoms with E-state index >= 15 is 0 Å². The summed E-state index contributed by atoms with van der Waals surface area (Å²) < 4.78 is 0.629. The second-order valence-electron chi connectivity index (χ2n) is 5.33. The van der Waals surface area contributed by atoms with Crippen LogP contribution in [0.4, 0.5) is 0 Å². The molecule has 2 aromatic rings. The molecule has 0 aliphatic rings. The first kappa shape index (κ1) is 12.9. The highest BCUT2D eigenvalue weighted by atomic mass is 32.1. The topological polar surface area (TPSA) is 41.6 Å². The Kier molecular flexibility index (Phi) is 3.57. The van der Waals surface area contributed by atoms with Crippen LogP contribution < -0.4 is 0 Å². The zero-order valence-electron chi connectivity index (χ0n) is 10.9. The van der Waals surface area contributed by atoms with Gasteiger partial charge in [-0.15, -0.1) is 0 Å². The van der Waals surface area contributed by atoms with Gasteiger partial charge in [0.1, 0.15) is 10.5 Å². The van der Waals surface area contributed by atoms with Gasteiger partial charge in [-0.1, -0.05) is 39.1 Å². The lowest BCUT2D eigenvalue weighted by atomic mass is 9.92. The lowest BCUT2D eigenvalue weighted by Gasteiger charge is -2.19. The highest BCUT2D eigenvalue weighted by molar-refractivity contribution is 7.71. The second kappa shape index (κ2) is 4.98. The summed E-state index contributed by atoms with van der Waals surface area (Å²) in [6, 6.07) is 7.80. The van der Waals surface area contributed by atoms with E-state index in [9.17, 15) is 0 Å². The Morgan fingerprint density at radius 3 is 2.67 bits per heavy atom. The molecule has 0 aliphatic heterocycles. The van der Waals surface area contributed by atoms with Crippen LogP contribution in [0, 0.1) is 4.64 Å². The number of nitrogens with zero attached hydrogens (tertiary/aromatic N) is 2. The molecule has 0 saturated carbocycles. The highest BCUT2D eigenvalue weighted by Crippen LogP contribution is 2.20. The van der Waals surface area contributed by atoms with E-state index in [2.05, 4.69) is 35.7 Å². The number of H-pyrrole nitrogens is 1. The van der Waals surface area contributed by atoms with Crippen LogP contribution in [0.15, 0.2) is 30.5 Å². The van der Waals surface area contributed by atoms with Crippen LogP contribution in [-0.2, 0) is 11.8 Å². The van der Waals surface area contributed by atoms with E-state index < -0.39 is 0 Å². The van der Waals surface area contributed by atoms with E-state index in [4.69, 9.17) is 12.2 Å². The molecule has 0 amide bonds. The van der Waals surface area contributed by atoms with Gasteiger partial charge in [0.25, 0.3) is 0 Å². The Morgan fingerprint density at radius 2 is 2.06 bits per heavy atom. The average Bonchev–Trinajstić information content (AvgIpc) is 2.28. The molecule has 2 rings (SSSR count). The quantitative estimate of drug-likeness (QED) is 0.840. The standard InChI is InChI=1S/C14H17N3S/c1-14(2,3)11-9-13(18)17-12(16-11)8-10-6-4-5-7-15-10/h4-7,9H,8H2,1-3H3,(H,16,17,18). The number of nitrogens with one attached hydrogen (secondary N) is 1. The molecule has 0 fully saturated rings. The molecule has 0 aliphatic carbocycles. The molecule has 0 unspecified atom stereocenters. The summed E-state index contributed by atoms with van der Waals surface area (Å²) in [6.45, 7) is 6.45. The molecule has 2 heterocycles. The van der Waals surface area contributed by atoms with Crippen LogP contribution in [0.2, 0.25) is 0 Å². The Morgan fingerprint density at radius 1 is 1.28 bits per heavy atom. The van der Waals surface area contributed by atoms with Crippen molar-refractivity contribution in [3.63, 3.8) is 0 Å². The van der Waals surface area contributed by atoms with E-state index in [0.29, 0.717) is 11.1 Å². The summed E-state index contributed by atoms with van der Waals surface area (Å²) >= 11 is 5.22. The molecule has 4 heteroatoms. The molecule has 94 valence electrons. The molecule has 0 atom stereocenters. The van der Waals surface area contributed by atoms with Crippen molar-refractivity contribution in [1.29, 1.82) is 0 Å². The molecule has 3 nitrogen and oxygen atoms in total. The Labute approximate surface area is 112 Å². The van der Waals surface area contributed by atoms with E-state index in [1.54, 1.807) is 6.20 Å². The van der Waals surface area contributed by atoms with Crippen molar-refractivity contribution in [2.75, 3.05) is 0 Å². The van der Waals surface area contributed by atoms with Crippen LogP contribution in [0.25, 0.3) is 0 Å². The maximum Gasteiger partial charge on any atom is 0.130 e. The molecule has 0 bridgehead atoms. The van der Waals surface area contributed by atoms with Gasteiger partial charge >= 0.3 is 0 Å².